The maximum atomic E-state index is 14.7. The second-order valence-electron chi connectivity index (χ2n) is 8.48. The predicted octanol–water partition coefficient (Wildman–Crippen LogP) is 2.46. The van der Waals surface area contributed by atoms with Crippen molar-refractivity contribution < 1.29 is 13.9 Å². The maximum Gasteiger partial charge on any atom is 0.191 e. The largest absolute Gasteiger partial charge is 0.379 e. The van der Waals surface area contributed by atoms with Crippen molar-refractivity contribution in [1.29, 1.82) is 0 Å². The number of aliphatic imine (C=N–C) groups is 1. The van der Waals surface area contributed by atoms with E-state index in [0.29, 0.717) is 37.4 Å². The highest BCUT2D eigenvalue weighted by Gasteiger charge is 2.27. The lowest BCUT2D eigenvalue weighted by Crippen LogP contribution is -2.53. The van der Waals surface area contributed by atoms with Gasteiger partial charge in [-0.2, -0.15) is 0 Å². The first-order chi connectivity index (χ1) is 15.7. The minimum absolute atomic E-state index is 0.185. The van der Waals surface area contributed by atoms with E-state index in [2.05, 4.69) is 34.4 Å². The number of nitrogens with zero attached hydrogens (tertiary/aromatic N) is 3. The van der Waals surface area contributed by atoms with Gasteiger partial charge in [-0.1, -0.05) is 32.8 Å². The van der Waals surface area contributed by atoms with Crippen LogP contribution in [0.2, 0.25) is 0 Å². The molecule has 1 atom stereocenters. The molecule has 180 valence electrons. The first-order valence-corrected chi connectivity index (χ1v) is 12.0. The van der Waals surface area contributed by atoms with Gasteiger partial charge in [0.25, 0.3) is 0 Å². The normalized spacial score (nSPS) is 19.3. The van der Waals surface area contributed by atoms with E-state index >= 15 is 0 Å². The molecule has 3 rings (SSSR count). The van der Waals surface area contributed by atoms with Crippen LogP contribution in [0, 0.1) is 11.7 Å². The molecule has 0 amide bonds. The number of hydrogen-bond acceptors (Lipinski definition) is 5. The van der Waals surface area contributed by atoms with Gasteiger partial charge in [0.1, 0.15) is 5.82 Å². The van der Waals surface area contributed by atoms with Crippen molar-refractivity contribution >= 4 is 11.6 Å². The Morgan fingerprint density at radius 1 is 1.03 bits per heavy atom. The van der Waals surface area contributed by atoms with Crippen LogP contribution in [0.5, 0.6) is 0 Å². The van der Waals surface area contributed by atoms with Crippen LogP contribution in [0.4, 0.5) is 10.1 Å². The molecule has 0 aliphatic carbocycles. The highest BCUT2D eigenvalue weighted by molar-refractivity contribution is 5.79. The SMILES string of the molecule is CCC(CC)C(CNC(=NC)NCc1ccc(N2CCOCC2)c(F)c1)N1CCOCC1. The van der Waals surface area contributed by atoms with Gasteiger partial charge in [0.15, 0.2) is 5.96 Å². The van der Waals surface area contributed by atoms with E-state index in [1.54, 1.807) is 13.1 Å². The number of benzene rings is 1. The molecule has 0 aromatic heterocycles. The van der Waals surface area contributed by atoms with Gasteiger partial charge in [0.05, 0.1) is 32.1 Å². The number of anilines is 1. The summed E-state index contributed by atoms with van der Waals surface area (Å²) in [6.45, 7) is 12.2. The molecule has 0 bridgehead atoms. The van der Waals surface area contributed by atoms with Crippen LogP contribution in [0.3, 0.4) is 0 Å². The molecular formula is C24H40FN5O2. The van der Waals surface area contributed by atoms with Gasteiger partial charge in [0, 0.05) is 52.4 Å². The first kappa shape index (κ1) is 24.7. The number of nitrogens with one attached hydrogen (secondary N) is 2. The van der Waals surface area contributed by atoms with Crippen LogP contribution in [0.15, 0.2) is 23.2 Å². The number of hydrogen-bond donors (Lipinski definition) is 2. The molecule has 1 unspecified atom stereocenters. The fourth-order valence-corrected chi connectivity index (χ4v) is 4.66. The van der Waals surface area contributed by atoms with E-state index in [0.717, 1.165) is 70.3 Å². The lowest BCUT2D eigenvalue weighted by molar-refractivity contribution is 0.00272. The van der Waals surface area contributed by atoms with Crippen molar-refractivity contribution in [2.75, 3.05) is 71.1 Å². The van der Waals surface area contributed by atoms with Crippen LogP contribution in [0.1, 0.15) is 32.3 Å². The van der Waals surface area contributed by atoms with Crippen molar-refractivity contribution in [2.24, 2.45) is 10.9 Å². The molecule has 2 N–H and O–H groups in total. The van der Waals surface area contributed by atoms with E-state index in [1.165, 1.54) is 0 Å². The van der Waals surface area contributed by atoms with E-state index in [1.807, 2.05) is 17.0 Å². The fourth-order valence-electron chi connectivity index (χ4n) is 4.66. The third kappa shape index (κ3) is 6.80. The Labute approximate surface area is 192 Å². The highest BCUT2D eigenvalue weighted by atomic mass is 19.1. The molecular weight excluding hydrogens is 409 g/mol. The van der Waals surface area contributed by atoms with Crippen LogP contribution < -0.4 is 15.5 Å². The molecule has 2 heterocycles. The lowest BCUT2D eigenvalue weighted by Gasteiger charge is -2.39. The molecule has 32 heavy (non-hydrogen) atoms. The summed E-state index contributed by atoms with van der Waals surface area (Å²) in [5.41, 5.74) is 1.55. The molecule has 1 aromatic rings. The van der Waals surface area contributed by atoms with Crippen LogP contribution >= 0.6 is 0 Å². The van der Waals surface area contributed by atoms with Crippen molar-refractivity contribution in [3.63, 3.8) is 0 Å². The summed E-state index contributed by atoms with van der Waals surface area (Å²) in [6.07, 6.45) is 2.31. The van der Waals surface area contributed by atoms with Gasteiger partial charge in [-0.3, -0.25) is 9.89 Å². The van der Waals surface area contributed by atoms with Gasteiger partial charge < -0.3 is 25.0 Å². The van der Waals surface area contributed by atoms with Crippen molar-refractivity contribution in [2.45, 2.75) is 39.3 Å². The standard InChI is InChI=1S/C24H40FN5O2/c1-4-20(5-2)23(30-10-14-32-15-11-30)18-28-24(26-3)27-17-19-6-7-22(21(25)16-19)29-8-12-31-13-9-29/h6-7,16,20,23H,4-5,8-15,17-18H2,1-3H3,(H2,26,27,28). The molecule has 2 saturated heterocycles. The van der Waals surface area contributed by atoms with E-state index in [-0.39, 0.29) is 5.82 Å². The minimum atomic E-state index is -0.185. The zero-order valence-corrected chi connectivity index (χ0v) is 19.9. The third-order valence-corrected chi connectivity index (χ3v) is 6.63. The molecule has 2 aliphatic rings. The molecule has 2 aliphatic heterocycles. The van der Waals surface area contributed by atoms with E-state index in [4.69, 9.17) is 9.47 Å². The Bertz CT molecular complexity index is 716. The summed E-state index contributed by atoms with van der Waals surface area (Å²) in [6, 6.07) is 5.91. The van der Waals surface area contributed by atoms with Gasteiger partial charge in [-0.05, 0) is 23.6 Å². The Hall–Kier alpha value is -1.90. The average Bonchev–Trinajstić information content (AvgIpc) is 2.84. The predicted molar refractivity (Wildman–Crippen MR) is 128 cm³/mol. The monoisotopic (exact) mass is 449 g/mol. The summed E-state index contributed by atoms with van der Waals surface area (Å²) < 4.78 is 25.6. The Kier molecular flexibility index (Phi) is 10.0. The average molecular weight is 450 g/mol. The van der Waals surface area contributed by atoms with Crippen molar-refractivity contribution in [1.82, 2.24) is 15.5 Å². The first-order valence-electron chi connectivity index (χ1n) is 12.0. The third-order valence-electron chi connectivity index (χ3n) is 6.63. The smallest absolute Gasteiger partial charge is 0.191 e. The molecule has 2 fully saturated rings. The molecule has 0 radical (unpaired) electrons. The molecule has 8 heteroatoms. The number of rotatable bonds is 9. The van der Waals surface area contributed by atoms with Gasteiger partial charge >= 0.3 is 0 Å². The highest BCUT2D eigenvalue weighted by Crippen LogP contribution is 2.22. The second-order valence-corrected chi connectivity index (χ2v) is 8.48. The molecule has 0 saturated carbocycles. The van der Waals surface area contributed by atoms with E-state index in [9.17, 15) is 4.39 Å². The number of guanidine groups is 1. The zero-order valence-electron chi connectivity index (χ0n) is 19.9. The maximum absolute atomic E-state index is 14.7. The topological polar surface area (TPSA) is 61.4 Å². The Morgan fingerprint density at radius 3 is 2.28 bits per heavy atom. The fraction of sp³-hybridized carbons (Fsp3) is 0.708. The lowest BCUT2D eigenvalue weighted by atomic mass is 9.92. The van der Waals surface area contributed by atoms with Crippen LogP contribution in [-0.4, -0.2) is 83.1 Å². The summed E-state index contributed by atoms with van der Waals surface area (Å²) in [5, 5.41) is 6.85. The number of morpholine rings is 2. The Morgan fingerprint density at radius 2 is 1.69 bits per heavy atom. The van der Waals surface area contributed by atoms with E-state index < -0.39 is 0 Å². The second kappa shape index (κ2) is 13.0. The molecule has 1 aromatic carbocycles. The summed E-state index contributed by atoms with van der Waals surface area (Å²) in [4.78, 5) is 8.96. The van der Waals surface area contributed by atoms with Crippen LogP contribution in [-0.2, 0) is 16.0 Å². The molecule has 7 nitrogen and oxygen atoms in total. The molecule has 0 spiro atoms. The van der Waals surface area contributed by atoms with Crippen LogP contribution in [0.25, 0.3) is 0 Å². The van der Waals surface area contributed by atoms with Crippen molar-refractivity contribution in [3.8, 4) is 0 Å². The Balaban J connectivity index is 1.54. The number of halogens is 1. The van der Waals surface area contributed by atoms with Gasteiger partial charge in [-0.25, -0.2) is 4.39 Å². The van der Waals surface area contributed by atoms with Crippen molar-refractivity contribution in [3.05, 3.63) is 29.6 Å². The van der Waals surface area contributed by atoms with Gasteiger partial charge in [-0.15, -0.1) is 0 Å². The summed E-state index contributed by atoms with van der Waals surface area (Å²) >= 11 is 0. The number of ether oxygens (including phenoxy) is 2. The van der Waals surface area contributed by atoms with Gasteiger partial charge in [0.2, 0.25) is 0 Å². The quantitative estimate of drug-likeness (QED) is 0.446. The summed E-state index contributed by atoms with van der Waals surface area (Å²) in [7, 11) is 1.78. The zero-order chi connectivity index (χ0) is 22.8. The minimum Gasteiger partial charge on any atom is -0.379 e. The summed E-state index contributed by atoms with van der Waals surface area (Å²) in [5.74, 6) is 1.18.